The Labute approximate surface area is 100.0 Å². The molecule has 1 aromatic carbocycles. The van der Waals surface area contributed by atoms with Crippen LogP contribution in [-0.4, -0.2) is 5.60 Å². The molecule has 15 heavy (non-hydrogen) atoms. The van der Waals surface area contributed by atoms with Gasteiger partial charge < -0.3 is 4.74 Å². The minimum absolute atomic E-state index is 0.0142. The fourth-order valence-electron chi connectivity index (χ4n) is 2.14. The standard InChI is InChI=1S/C13H17BrO/c1-8-7-11-10(9(2)12(8)14)5-6-13(3,4)15-11/h7H,5-6H2,1-4H3. The molecular formula is C13H17BrO. The van der Waals surface area contributed by atoms with Crippen LogP contribution in [0, 0.1) is 13.8 Å². The van der Waals surface area contributed by atoms with Crippen LogP contribution in [0.2, 0.25) is 0 Å². The van der Waals surface area contributed by atoms with Crippen LogP contribution in [0.25, 0.3) is 0 Å². The monoisotopic (exact) mass is 268 g/mol. The highest BCUT2D eigenvalue weighted by atomic mass is 79.9. The van der Waals surface area contributed by atoms with Gasteiger partial charge in [0.25, 0.3) is 0 Å². The van der Waals surface area contributed by atoms with Crippen LogP contribution >= 0.6 is 15.9 Å². The second kappa shape index (κ2) is 3.51. The fraction of sp³-hybridized carbons (Fsp3) is 0.538. The number of ether oxygens (including phenoxy) is 1. The minimum Gasteiger partial charge on any atom is -0.488 e. The summed E-state index contributed by atoms with van der Waals surface area (Å²) in [5, 5.41) is 0. The van der Waals surface area contributed by atoms with Gasteiger partial charge in [-0.2, -0.15) is 0 Å². The van der Waals surface area contributed by atoms with Gasteiger partial charge in [-0.05, 0) is 63.3 Å². The van der Waals surface area contributed by atoms with Gasteiger partial charge in [-0.3, -0.25) is 0 Å². The van der Waals surface area contributed by atoms with Crippen LogP contribution in [-0.2, 0) is 6.42 Å². The maximum absolute atomic E-state index is 6.02. The average Bonchev–Trinajstić information content (AvgIpc) is 2.12. The maximum Gasteiger partial charge on any atom is 0.123 e. The first kappa shape index (κ1) is 11.0. The number of fused-ring (bicyclic) bond motifs is 1. The van der Waals surface area contributed by atoms with Crippen molar-refractivity contribution in [3.8, 4) is 5.75 Å². The summed E-state index contributed by atoms with van der Waals surface area (Å²) < 4.78 is 7.24. The first-order valence-corrected chi connectivity index (χ1v) is 6.17. The average molecular weight is 269 g/mol. The molecule has 0 unspecified atom stereocenters. The van der Waals surface area contributed by atoms with Crippen LogP contribution in [0.5, 0.6) is 5.75 Å². The molecular weight excluding hydrogens is 252 g/mol. The third-order valence-electron chi connectivity index (χ3n) is 3.14. The molecule has 0 saturated heterocycles. The Kier molecular flexibility index (Phi) is 2.58. The molecule has 0 bridgehead atoms. The zero-order valence-electron chi connectivity index (χ0n) is 9.78. The van der Waals surface area contributed by atoms with Crippen molar-refractivity contribution in [2.45, 2.75) is 46.1 Å². The van der Waals surface area contributed by atoms with E-state index in [-0.39, 0.29) is 5.60 Å². The number of hydrogen-bond acceptors (Lipinski definition) is 1. The van der Waals surface area contributed by atoms with Gasteiger partial charge in [0, 0.05) is 4.47 Å². The number of rotatable bonds is 0. The first-order valence-electron chi connectivity index (χ1n) is 5.38. The normalized spacial score (nSPS) is 18.2. The second-order valence-corrected chi connectivity index (χ2v) is 5.76. The Morgan fingerprint density at radius 3 is 2.67 bits per heavy atom. The van der Waals surface area contributed by atoms with Crippen molar-refractivity contribution >= 4 is 15.9 Å². The summed E-state index contributed by atoms with van der Waals surface area (Å²) in [7, 11) is 0. The molecule has 0 amide bonds. The molecule has 82 valence electrons. The van der Waals surface area contributed by atoms with Crippen LogP contribution in [0.15, 0.2) is 10.5 Å². The van der Waals surface area contributed by atoms with Crippen molar-refractivity contribution in [3.63, 3.8) is 0 Å². The van der Waals surface area contributed by atoms with Crippen LogP contribution in [0.3, 0.4) is 0 Å². The van der Waals surface area contributed by atoms with Crippen LogP contribution in [0.1, 0.15) is 37.0 Å². The van der Waals surface area contributed by atoms with Gasteiger partial charge in [0.15, 0.2) is 0 Å². The van der Waals surface area contributed by atoms with Gasteiger partial charge in [-0.1, -0.05) is 15.9 Å². The molecule has 1 nitrogen and oxygen atoms in total. The van der Waals surface area contributed by atoms with Crippen molar-refractivity contribution in [2.75, 3.05) is 0 Å². The Balaban J connectivity index is 2.54. The lowest BCUT2D eigenvalue weighted by atomic mass is 9.91. The summed E-state index contributed by atoms with van der Waals surface area (Å²) in [4.78, 5) is 0. The highest BCUT2D eigenvalue weighted by molar-refractivity contribution is 9.10. The fourth-order valence-corrected chi connectivity index (χ4v) is 2.49. The van der Waals surface area contributed by atoms with E-state index < -0.39 is 0 Å². The molecule has 0 N–H and O–H groups in total. The minimum atomic E-state index is -0.0142. The quantitative estimate of drug-likeness (QED) is 0.686. The second-order valence-electron chi connectivity index (χ2n) is 4.97. The van der Waals surface area contributed by atoms with E-state index in [2.05, 4.69) is 49.7 Å². The first-order chi connectivity index (χ1) is 6.91. The van der Waals surface area contributed by atoms with Crippen LogP contribution < -0.4 is 4.74 Å². The van der Waals surface area contributed by atoms with Gasteiger partial charge in [0.2, 0.25) is 0 Å². The van der Waals surface area contributed by atoms with E-state index in [4.69, 9.17) is 4.74 Å². The molecule has 0 radical (unpaired) electrons. The third-order valence-corrected chi connectivity index (χ3v) is 4.36. The lowest BCUT2D eigenvalue weighted by molar-refractivity contribution is 0.0843. The summed E-state index contributed by atoms with van der Waals surface area (Å²) in [6, 6.07) is 2.15. The largest absolute Gasteiger partial charge is 0.488 e. The molecule has 0 spiro atoms. The zero-order valence-corrected chi connectivity index (χ0v) is 11.4. The van der Waals surface area contributed by atoms with E-state index in [0.717, 1.165) is 18.6 Å². The lowest BCUT2D eigenvalue weighted by Gasteiger charge is -2.34. The molecule has 0 saturated carbocycles. The number of hydrogen-bond donors (Lipinski definition) is 0. The van der Waals surface area contributed by atoms with E-state index in [9.17, 15) is 0 Å². The molecule has 1 heterocycles. The molecule has 1 aliphatic heterocycles. The zero-order chi connectivity index (χ0) is 11.2. The smallest absolute Gasteiger partial charge is 0.123 e. The summed E-state index contributed by atoms with van der Waals surface area (Å²) >= 11 is 3.63. The molecule has 2 rings (SSSR count). The molecule has 0 fully saturated rings. The molecule has 0 aliphatic carbocycles. The third kappa shape index (κ3) is 1.92. The highest BCUT2D eigenvalue weighted by Crippen LogP contribution is 2.39. The Morgan fingerprint density at radius 2 is 2.00 bits per heavy atom. The SMILES string of the molecule is Cc1cc2c(c(C)c1Br)CCC(C)(C)O2. The van der Waals surface area contributed by atoms with E-state index in [0.29, 0.717) is 0 Å². The summed E-state index contributed by atoms with van der Waals surface area (Å²) in [6.45, 7) is 8.59. The summed E-state index contributed by atoms with van der Waals surface area (Å²) in [5.74, 6) is 1.07. The van der Waals surface area contributed by atoms with Crippen molar-refractivity contribution in [3.05, 3.63) is 27.2 Å². The van der Waals surface area contributed by atoms with Crippen molar-refractivity contribution in [1.82, 2.24) is 0 Å². The van der Waals surface area contributed by atoms with Gasteiger partial charge in [-0.15, -0.1) is 0 Å². The maximum atomic E-state index is 6.02. The van der Waals surface area contributed by atoms with Gasteiger partial charge in [-0.25, -0.2) is 0 Å². The van der Waals surface area contributed by atoms with Gasteiger partial charge in [0.05, 0.1) is 0 Å². The highest BCUT2D eigenvalue weighted by Gasteiger charge is 2.28. The molecule has 0 aromatic heterocycles. The molecule has 1 aromatic rings. The van der Waals surface area contributed by atoms with E-state index >= 15 is 0 Å². The van der Waals surface area contributed by atoms with Crippen LogP contribution in [0.4, 0.5) is 0 Å². The number of benzene rings is 1. The molecule has 2 heteroatoms. The van der Waals surface area contributed by atoms with E-state index in [1.807, 2.05) is 0 Å². The Morgan fingerprint density at radius 1 is 1.33 bits per heavy atom. The van der Waals surface area contributed by atoms with Crippen molar-refractivity contribution in [1.29, 1.82) is 0 Å². The Hall–Kier alpha value is -0.500. The molecule has 0 atom stereocenters. The van der Waals surface area contributed by atoms with Crippen molar-refractivity contribution in [2.24, 2.45) is 0 Å². The van der Waals surface area contributed by atoms with E-state index in [1.165, 1.54) is 21.2 Å². The lowest BCUT2D eigenvalue weighted by Crippen LogP contribution is -2.33. The predicted molar refractivity (Wildman–Crippen MR) is 66.6 cm³/mol. The summed E-state index contributed by atoms with van der Waals surface area (Å²) in [5.41, 5.74) is 3.94. The Bertz CT molecular complexity index is 407. The topological polar surface area (TPSA) is 9.23 Å². The van der Waals surface area contributed by atoms with Crippen molar-refractivity contribution < 1.29 is 4.74 Å². The van der Waals surface area contributed by atoms with E-state index in [1.54, 1.807) is 0 Å². The van der Waals surface area contributed by atoms with Gasteiger partial charge >= 0.3 is 0 Å². The van der Waals surface area contributed by atoms with Gasteiger partial charge in [0.1, 0.15) is 11.4 Å². The number of aryl methyl sites for hydroxylation is 1. The summed E-state index contributed by atoms with van der Waals surface area (Å²) in [6.07, 6.45) is 2.21. The number of halogens is 1. The molecule has 1 aliphatic rings. The predicted octanol–water partition coefficient (Wildman–Crippen LogP) is 4.17.